The second-order valence-electron chi connectivity index (χ2n) is 6.93. The van der Waals surface area contributed by atoms with E-state index in [0.29, 0.717) is 0 Å². The van der Waals surface area contributed by atoms with E-state index in [9.17, 15) is 0 Å². The Morgan fingerprint density at radius 3 is 1.52 bits per heavy atom. The molecule has 0 bridgehead atoms. The number of aryl methyl sites for hydroxylation is 1. The molecule has 0 aromatic heterocycles. The van der Waals surface area contributed by atoms with Crippen LogP contribution in [0.3, 0.4) is 0 Å². The van der Waals surface area contributed by atoms with Crippen molar-refractivity contribution in [2.45, 2.75) is 6.92 Å². The van der Waals surface area contributed by atoms with Crippen LogP contribution < -0.4 is 25.9 Å². The van der Waals surface area contributed by atoms with Crippen molar-refractivity contribution in [3.63, 3.8) is 0 Å². The van der Waals surface area contributed by atoms with Gasteiger partial charge < -0.3 is 0 Å². The van der Waals surface area contributed by atoms with Crippen molar-refractivity contribution in [2.75, 3.05) is 0 Å². The lowest BCUT2D eigenvalue weighted by molar-refractivity contribution is 1.49. The predicted molar refractivity (Wildman–Crippen MR) is 120 cm³/mol. The third kappa shape index (κ3) is 3.22. The Kier molecular flexibility index (Phi) is 4.93. The average Bonchev–Trinajstić information content (AvgIpc) is 2.71. The van der Waals surface area contributed by atoms with Crippen LogP contribution in [0.25, 0.3) is 0 Å². The van der Waals surface area contributed by atoms with E-state index < -0.39 is 8.07 Å². The van der Waals surface area contributed by atoms with Gasteiger partial charge in [-0.1, -0.05) is 120 Å². The third-order valence-corrected chi connectivity index (χ3v) is 10.2. The highest BCUT2D eigenvalue weighted by molar-refractivity contribution is 7.20. The molecule has 0 fully saturated rings. The number of benzene rings is 4. The molecular weight excluding hydrogens is 356 g/mol. The number of hydrogen-bond donors (Lipinski definition) is 0. The summed E-state index contributed by atoms with van der Waals surface area (Å²) in [7, 11) is 1.37. The zero-order valence-electron chi connectivity index (χ0n) is 15.4. The van der Waals surface area contributed by atoms with Gasteiger partial charge in [0.25, 0.3) is 0 Å². The molecule has 4 rings (SSSR count). The minimum atomic E-state index is -2.39. The van der Waals surface area contributed by atoms with Gasteiger partial charge in [0.1, 0.15) is 0 Å². The zero-order valence-corrected chi connectivity index (χ0v) is 17.4. The van der Waals surface area contributed by atoms with Crippen molar-refractivity contribution >= 4 is 44.2 Å². The van der Waals surface area contributed by atoms with Crippen LogP contribution in [0.1, 0.15) is 5.56 Å². The molecule has 2 heteroatoms. The molecule has 0 unspecified atom stereocenters. The van der Waals surface area contributed by atoms with Gasteiger partial charge in [-0.15, -0.1) is 0 Å². The highest BCUT2D eigenvalue weighted by Gasteiger charge is 2.41. The quantitative estimate of drug-likeness (QED) is 0.378. The molecule has 0 N–H and O–H groups in total. The normalized spacial score (nSPS) is 11.3. The largest absolute Gasteiger partial charge is 0.179 e. The second kappa shape index (κ2) is 7.51. The summed E-state index contributed by atoms with van der Waals surface area (Å²) in [5.41, 5.74) is 1.30. The Bertz CT molecular complexity index is 953. The molecule has 0 saturated carbocycles. The summed E-state index contributed by atoms with van der Waals surface area (Å²) in [4.78, 5) is 0. The van der Waals surface area contributed by atoms with Gasteiger partial charge in [-0.25, -0.2) is 0 Å². The van der Waals surface area contributed by atoms with E-state index in [1.165, 1.54) is 26.3 Å². The molecule has 0 atom stereocenters. The molecule has 3 radical (unpaired) electrons. The molecular formula is C25H21Si2. The van der Waals surface area contributed by atoms with Crippen LogP contribution in [-0.2, 0) is 0 Å². The van der Waals surface area contributed by atoms with Gasteiger partial charge in [-0.05, 0) is 27.7 Å². The Morgan fingerprint density at radius 1 is 0.519 bits per heavy atom. The summed E-state index contributed by atoms with van der Waals surface area (Å²) in [6.07, 6.45) is 0. The van der Waals surface area contributed by atoms with Gasteiger partial charge in [0.2, 0.25) is 0 Å². The van der Waals surface area contributed by atoms with Gasteiger partial charge in [-0.2, -0.15) is 0 Å². The van der Waals surface area contributed by atoms with Crippen LogP contribution >= 0.6 is 0 Å². The molecule has 0 amide bonds. The highest BCUT2D eigenvalue weighted by Crippen LogP contribution is 2.10. The van der Waals surface area contributed by atoms with Gasteiger partial charge in [0, 0.05) is 0 Å². The average molecular weight is 378 g/mol. The maximum Gasteiger partial charge on any atom is 0.179 e. The molecule has 129 valence electrons. The molecule has 0 spiro atoms. The molecule has 0 aliphatic rings. The fraction of sp³-hybridized carbons (Fsp3) is 0.0400. The molecule has 4 aromatic carbocycles. The maximum absolute atomic E-state index is 3.77. The van der Waals surface area contributed by atoms with Gasteiger partial charge in [-0.3, -0.25) is 0 Å². The first kappa shape index (κ1) is 17.7. The molecule has 4 aromatic rings. The minimum absolute atomic E-state index is 1.11. The van der Waals surface area contributed by atoms with Crippen LogP contribution in [0.5, 0.6) is 0 Å². The fourth-order valence-corrected chi connectivity index (χ4v) is 9.30. The van der Waals surface area contributed by atoms with Crippen LogP contribution in [0, 0.1) is 6.92 Å². The van der Waals surface area contributed by atoms with Crippen molar-refractivity contribution in [1.82, 2.24) is 0 Å². The van der Waals surface area contributed by atoms with Crippen molar-refractivity contribution in [3.05, 3.63) is 115 Å². The van der Waals surface area contributed by atoms with Crippen molar-refractivity contribution in [3.8, 4) is 0 Å². The first-order valence-electron chi connectivity index (χ1n) is 9.21. The van der Waals surface area contributed by atoms with Gasteiger partial charge in [0.15, 0.2) is 8.07 Å². The standard InChI is InChI=1S/C25H21Si2/c1-20-10-8-16-24(18-20)27(22-12-4-2-5-13-22,23-14-6-3-7-15-23)25-17-9-11-21(26)19-25/h2-19H,1H3. The van der Waals surface area contributed by atoms with E-state index in [-0.39, 0.29) is 0 Å². The van der Waals surface area contributed by atoms with Crippen molar-refractivity contribution in [2.24, 2.45) is 0 Å². The van der Waals surface area contributed by atoms with Crippen LogP contribution in [0.2, 0.25) is 0 Å². The summed E-state index contributed by atoms with van der Waals surface area (Å²) >= 11 is 0. The molecule has 0 aliphatic carbocycles. The maximum atomic E-state index is 3.77. The van der Waals surface area contributed by atoms with E-state index in [4.69, 9.17) is 0 Å². The van der Waals surface area contributed by atoms with E-state index in [0.717, 1.165) is 5.19 Å². The second-order valence-corrected chi connectivity index (χ2v) is 11.3. The van der Waals surface area contributed by atoms with Gasteiger partial charge in [0.05, 0.1) is 10.2 Å². The van der Waals surface area contributed by atoms with Crippen molar-refractivity contribution < 1.29 is 0 Å². The lowest BCUT2D eigenvalue weighted by atomic mass is 10.2. The smallest absolute Gasteiger partial charge is 0.0674 e. The van der Waals surface area contributed by atoms with E-state index >= 15 is 0 Å². The topological polar surface area (TPSA) is 0 Å². The summed E-state index contributed by atoms with van der Waals surface area (Å²) in [5.74, 6) is 0. The minimum Gasteiger partial charge on any atom is -0.0674 e. The van der Waals surface area contributed by atoms with E-state index in [2.05, 4.69) is 126 Å². The van der Waals surface area contributed by atoms with Gasteiger partial charge >= 0.3 is 0 Å². The molecule has 0 nitrogen and oxygen atoms in total. The number of rotatable bonds is 4. The van der Waals surface area contributed by atoms with E-state index in [1.807, 2.05) is 0 Å². The monoisotopic (exact) mass is 377 g/mol. The first-order chi connectivity index (χ1) is 13.2. The molecule has 0 aliphatic heterocycles. The summed E-state index contributed by atoms with van der Waals surface area (Å²) in [6.45, 7) is 2.18. The molecule has 0 heterocycles. The Balaban J connectivity index is 2.16. The zero-order chi connectivity index (χ0) is 18.7. The van der Waals surface area contributed by atoms with Crippen LogP contribution in [0.15, 0.2) is 109 Å². The van der Waals surface area contributed by atoms with Crippen LogP contribution in [0.4, 0.5) is 0 Å². The fourth-order valence-electron chi connectivity index (χ4n) is 4.01. The Labute approximate surface area is 166 Å². The molecule has 27 heavy (non-hydrogen) atoms. The lowest BCUT2D eigenvalue weighted by Crippen LogP contribution is -2.75. The Hall–Kier alpha value is -2.69. The van der Waals surface area contributed by atoms with Crippen molar-refractivity contribution in [1.29, 1.82) is 0 Å². The Morgan fingerprint density at radius 2 is 1.00 bits per heavy atom. The first-order valence-corrected chi connectivity index (χ1v) is 11.7. The predicted octanol–water partition coefficient (Wildman–Crippen LogP) is 2.17. The van der Waals surface area contributed by atoms with E-state index in [1.54, 1.807) is 0 Å². The SMILES string of the molecule is Cc1cccc([Si](c2ccccc2)(c2ccccc2)c2cccc([Si])c2)c1. The number of hydrogen-bond acceptors (Lipinski definition) is 0. The highest BCUT2D eigenvalue weighted by atomic mass is 28.3. The van der Waals surface area contributed by atoms with Crippen LogP contribution in [-0.4, -0.2) is 18.3 Å². The summed E-state index contributed by atoms with van der Waals surface area (Å²) in [5, 5.41) is 6.72. The summed E-state index contributed by atoms with van der Waals surface area (Å²) < 4.78 is 0. The molecule has 0 saturated heterocycles. The summed E-state index contributed by atoms with van der Waals surface area (Å²) in [6, 6.07) is 39.9. The lowest BCUT2D eigenvalue weighted by Gasteiger charge is -2.34. The third-order valence-electron chi connectivity index (χ3n) is 5.16.